The monoisotopic (exact) mass is 365 g/mol. The van der Waals surface area contributed by atoms with E-state index in [1.54, 1.807) is 12.5 Å². The molecule has 7 heteroatoms. The summed E-state index contributed by atoms with van der Waals surface area (Å²) in [5.74, 6) is 0.171. The van der Waals surface area contributed by atoms with Crippen molar-refractivity contribution in [3.63, 3.8) is 0 Å². The number of benzene rings is 1. The molecule has 1 aliphatic carbocycles. The molecular formula is C20H23N5O2. The van der Waals surface area contributed by atoms with Crippen molar-refractivity contribution in [3.05, 3.63) is 54.4 Å². The van der Waals surface area contributed by atoms with Crippen molar-refractivity contribution >= 4 is 5.91 Å². The minimum Gasteiger partial charge on any atom is -0.345 e. The lowest BCUT2D eigenvalue weighted by molar-refractivity contribution is 0.0889. The molecule has 1 aliphatic rings. The third kappa shape index (κ3) is 4.42. The molecule has 4 rings (SSSR count). The SMILES string of the molecule is O=C(NC1CCCCCC1)c1nc(-c2ccc(Cn3ccnc3)cc2)no1. The summed E-state index contributed by atoms with van der Waals surface area (Å²) in [7, 11) is 0. The van der Waals surface area contributed by atoms with Crippen LogP contribution >= 0.6 is 0 Å². The molecule has 0 radical (unpaired) electrons. The molecule has 0 spiro atoms. The summed E-state index contributed by atoms with van der Waals surface area (Å²) in [6, 6.07) is 8.10. The zero-order chi connectivity index (χ0) is 18.5. The van der Waals surface area contributed by atoms with E-state index in [4.69, 9.17) is 4.52 Å². The fourth-order valence-electron chi connectivity index (χ4n) is 3.45. The normalized spacial score (nSPS) is 15.4. The van der Waals surface area contributed by atoms with Gasteiger partial charge in [-0.25, -0.2) is 4.98 Å². The van der Waals surface area contributed by atoms with Gasteiger partial charge in [0.15, 0.2) is 0 Å². The smallest absolute Gasteiger partial charge is 0.316 e. The van der Waals surface area contributed by atoms with E-state index in [2.05, 4.69) is 20.4 Å². The number of carbonyl (C=O) groups excluding carboxylic acids is 1. The summed E-state index contributed by atoms with van der Waals surface area (Å²) in [4.78, 5) is 20.7. The van der Waals surface area contributed by atoms with Gasteiger partial charge in [-0.15, -0.1) is 0 Å². The lowest BCUT2D eigenvalue weighted by atomic mass is 10.1. The highest BCUT2D eigenvalue weighted by Gasteiger charge is 2.20. The predicted molar refractivity (Wildman–Crippen MR) is 100 cm³/mol. The molecule has 7 nitrogen and oxygen atoms in total. The first-order valence-electron chi connectivity index (χ1n) is 9.47. The van der Waals surface area contributed by atoms with Gasteiger partial charge in [0.2, 0.25) is 5.82 Å². The molecule has 140 valence electrons. The van der Waals surface area contributed by atoms with Gasteiger partial charge in [-0.1, -0.05) is 55.1 Å². The highest BCUT2D eigenvalue weighted by atomic mass is 16.5. The maximum atomic E-state index is 12.4. The van der Waals surface area contributed by atoms with E-state index in [1.807, 2.05) is 35.0 Å². The van der Waals surface area contributed by atoms with Crippen LogP contribution in [-0.2, 0) is 6.54 Å². The number of hydrogen-bond acceptors (Lipinski definition) is 5. The number of rotatable bonds is 5. The van der Waals surface area contributed by atoms with Crippen LogP contribution in [0.4, 0.5) is 0 Å². The van der Waals surface area contributed by atoms with E-state index < -0.39 is 0 Å². The van der Waals surface area contributed by atoms with Crippen molar-refractivity contribution in [3.8, 4) is 11.4 Å². The van der Waals surface area contributed by atoms with Gasteiger partial charge in [0.1, 0.15) is 0 Å². The molecule has 27 heavy (non-hydrogen) atoms. The Bertz CT molecular complexity index is 862. The van der Waals surface area contributed by atoms with Gasteiger partial charge in [-0.3, -0.25) is 4.79 Å². The number of imidazole rings is 1. The van der Waals surface area contributed by atoms with Gasteiger partial charge >= 0.3 is 11.8 Å². The van der Waals surface area contributed by atoms with Crippen LogP contribution in [0.15, 0.2) is 47.5 Å². The first-order valence-corrected chi connectivity index (χ1v) is 9.47. The van der Waals surface area contributed by atoms with Crippen molar-refractivity contribution in [2.45, 2.75) is 51.1 Å². The number of aromatic nitrogens is 4. The Morgan fingerprint density at radius 2 is 1.93 bits per heavy atom. The molecule has 1 aromatic carbocycles. The van der Waals surface area contributed by atoms with E-state index >= 15 is 0 Å². The van der Waals surface area contributed by atoms with E-state index in [0.29, 0.717) is 5.82 Å². The van der Waals surface area contributed by atoms with E-state index in [-0.39, 0.29) is 17.8 Å². The Morgan fingerprint density at radius 1 is 1.15 bits per heavy atom. The molecular weight excluding hydrogens is 342 g/mol. The molecule has 1 saturated carbocycles. The molecule has 1 N–H and O–H groups in total. The Balaban J connectivity index is 1.40. The minimum absolute atomic E-state index is 0.0248. The molecule has 0 aliphatic heterocycles. The van der Waals surface area contributed by atoms with Crippen LogP contribution in [0.3, 0.4) is 0 Å². The molecule has 0 saturated heterocycles. The van der Waals surface area contributed by atoms with Gasteiger partial charge in [0.05, 0.1) is 6.33 Å². The van der Waals surface area contributed by atoms with E-state index in [0.717, 1.165) is 43.4 Å². The highest BCUT2D eigenvalue weighted by molar-refractivity contribution is 5.90. The maximum Gasteiger partial charge on any atom is 0.316 e. The Labute approximate surface area is 157 Å². The average molecular weight is 365 g/mol. The van der Waals surface area contributed by atoms with Crippen LogP contribution in [-0.4, -0.2) is 31.6 Å². The number of nitrogens with one attached hydrogen (secondary N) is 1. The highest BCUT2D eigenvalue weighted by Crippen LogP contribution is 2.19. The molecule has 2 aromatic heterocycles. The number of carbonyl (C=O) groups is 1. The molecule has 3 aromatic rings. The van der Waals surface area contributed by atoms with Crippen LogP contribution in [0.1, 0.15) is 54.8 Å². The second kappa shape index (κ2) is 8.16. The third-order valence-electron chi connectivity index (χ3n) is 4.95. The molecule has 0 unspecified atom stereocenters. The lowest BCUT2D eigenvalue weighted by Gasteiger charge is -2.14. The molecule has 0 atom stereocenters. The standard InChI is InChI=1S/C20H23N5O2/c26-19(22-17-5-3-1-2-4-6-17)20-23-18(24-27-20)16-9-7-15(8-10-16)13-25-12-11-21-14-25/h7-12,14,17H,1-6,13H2,(H,22,26). The average Bonchev–Trinajstić information content (AvgIpc) is 3.31. The Hall–Kier alpha value is -2.96. The Morgan fingerprint density at radius 3 is 2.63 bits per heavy atom. The zero-order valence-electron chi connectivity index (χ0n) is 15.2. The van der Waals surface area contributed by atoms with Crippen molar-refractivity contribution in [2.75, 3.05) is 0 Å². The van der Waals surface area contributed by atoms with E-state index in [9.17, 15) is 4.79 Å². The quantitative estimate of drug-likeness (QED) is 0.700. The first kappa shape index (κ1) is 17.5. The van der Waals surface area contributed by atoms with Gasteiger partial charge in [-0.2, -0.15) is 4.98 Å². The topological polar surface area (TPSA) is 85.8 Å². The summed E-state index contributed by atoms with van der Waals surface area (Å²) in [6.07, 6.45) is 12.3. The largest absolute Gasteiger partial charge is 0.345 e. The number of hydrogen-bond donors (Lipinski definition) is 1. The summed E-state index contributed by atoms with van der Waals surface area (Å²) in [5.41, 5.74) is 1.97. The van der Waals surface area contributed by atoms with Gasteiger partial charge in [-0.05, 0) is 18.4 Å². The second-order valence-corrected chi connectivity index (χ2v) is 7.02. The van der Waals surface area contributed by atoms with Gasteiger partial charge in [0.25, 0.3) is 0 Å². The molecule has 0 bridgehead atoms. The summed E-state index contributed by atoms with van der Waals surface area (Å²) < 4.78 is 7.18. The fourth-order valence-corrected chi connectivity index (χ4v) is 3.45. The van der Waals surface area contributed by atoms with Crippen LogP contribution in [0.5, 0.6) is 0 Å². The van der Waals surface area contributed by atoms with Crippen LogP contribution in [0.25, 0.3) is 11.4 Å². The fraction of sp³-hybridized carbons (Fsp3) is 0.400. The number of amides is 1. The van der Waals surface area contributed by atoms with E-state index in [1.165, 1.54) is 12.8 Å². The summed E-state index contributed by atoms with van der Waals surface area (Å²) in [6.45, 7) is 0.752. The summed E-state index contributed by atoms with van der Waals surface area (Å²) >= 11 is 0. The second-order valence-electron chi connectivity index (χ2n) is 7.02. The minimum atomic E-state index is -0.280. The van der Waals surface area contributed by atoms with Crippen LogP contribution in [0.2, 0.25) is 0 Å². The van der Waals surface area contributed by atoms with Crippen molar-refractivity contribution in [1.29, 1.82) is 0 Å². The van der Waals surface area contributed by atoms with Crippen molar-refractivity contribution in [1.82, 2.24) is 25.0 Å². The molecule has 2 heterocycles. The lowest BCUT2D eigenvalue weighted by Crippen LogP contribution is -2.34. The summed E-state index contributed by atoms with van der Waals surface area (Å²) in [5, 5.41) is 6.99. The molecule has 1 fully saturated rings. The van der Waals surface area contributed by atoms with Crippen molar-refractivity contribution in [2.24, 2.45) is 0 Å². The van der Waals surface area contributed by atoms with Crippen LogP contribution < -0.4 is 5.32 Å². The first-order chi connectivity index (χ1) is 13.3. The zero-order valence-corrected chi connectivity index (χ0v) is 15.2. The maximum absolute atomic E-state index is 12.4. The van der Waals surface area contributed by atoms with Crippen molar-refractivity contribution < 1.29 is 9.32 Å². The van der Waals surface area contributed by atoms with Gasteiger partial charge in [0, 0.05) is 30.5 Å². The number of nitrogens with zero attached hydrogens (tertiary/aromatic N) is 4. The third-order valence-corrected chi connectivity index (χ3v) is 4.95. The predicted octanol–water partition coefficient (Wildman–Crippen LogP) is 3.43. The Kier molecular flexibility index (Phi) is 5.27. The van der Waals surface area contributed by atoms with Gasteiger partial charge < -0.3 is 14.4 Å². The van der Waals surface area contributed by atoms with Crippen LogP contribution in [0, 0.1) is 0 Å². The molecule has 1 amide bonds.